The van der Waals surface area contributed by atoms with E-state index in [1.165, 1.54) is 0 Å². The third kappa shape index (κ3) is 2.76. The van der Waals surface area contributed by atoms with Crippen LogP contribution < -0.4 is 4.74 Å². The summed E-state index contributed by atoms with van der Waals surface area (Å²) in [7, 11) is 1.62. The Morgan fingerprint density at radius 1 is 1.44 bits per heavy atom. The Morgan fingerprint density at radius 3 is 2.62 bits per heavy atom. The van der Waals surface area contributed by atoms with Crippen molar-refractivity contribution in [2.45, 2.75) is 19.2 Å². The van der Waals surface area contributed by atoms with Crippen molar-refractivity contribution in [1.29, 1.82) is 0 Å². The second kappa shape index (κ2) is 5.89. The molecule has 4 heteroatoms. The van der Waals surface area contributed by atoms with E-state index in [-0.39, 0.29) is 5.97 Å². The van der Waals surface area contributed by atoms with Crippen LogP contribution >= 0.6 is 15.9 Å². The number of aryl methyl sites for hydroxylation is 1. The molecule has 1 aromatic rings. The molecular weight excluding hydrogens is 272 g/mol. The second-order valence-electron chi connectivity index (χ2n) is 3.33. The first-order valence-electron chi connectivity index (χ1n) is 5.04. The number of alkyl halides is 1. The van der Waals surface area contributed by atoms with Crippen LogP contribution in [-0.4, -0.2) is 19.7 Å². The van der Waals surface area contributed by atoms with Gasteiger partial charge in [-0.2, -0.15) is 0 Å². The molecule has 0 spiro atoms. The fraction of sp³-hybridized carbons (Fsp3) is 0.417. The Morgan fingerprint density at radius 2 is 2.12 bits per heavy atom. The largest absolute Gasteiger partial charge is 0.496 e. The first-order valence-corrected chi connectivity index (χ1v) is 6.16. The average molecular weight is 287 g/mol. The molecule has 16 heavy (non-hydrogen) atoms. The minimum Gasteiger partial charge on any atom is -0.496 e. The maximum Gasteiger partial charge on any atom is 0.338 e. The molecule has 0 amide bonds. The number of halogens is 1. The summed E-state index contributed by atoms with van der Waals surface area (Å²) in [5.74, 6) is 0.493. The number of rotatable bonds is 4. The highest BCUT2D eigenvalue weighted by Crippen LogP contribution is 2.25. The number of benzene rings is 1. The van der Waals surface area contributed by atoms with Crippen LogP contribution in [0, 0.1) is 6.92 Å². The van der Waals surface area contributed by atoms with Crippen molar-refractivity contribution < 1.29 is 14.3 Å². The molecule has 0 fully saturated rings. The van der Waals surface area contributed by atoms with Crippen molar-refractivity contribution in [2.75, 3.05) is 13.7 Å². The monoisotopic (exact) mass is 286 g/mol. The number of ether oxygens (including phenoxy) is 2. The van der Waals surface area contributed by atoms with E-state index in [0.29, 0.717) is 17.5 Å². The summed E-state index contributed by atoms with van der Waals surface area (Å²) in [4.78, 5) is 11.7. The summed E-state index contributed by atoms with van der Waals surface area (Å²) in [6.45, 7) is 4.04. The Hall–Kier alpha value is -1.03. The summed E-state index contributed by atoms with van der Waals surface area (Å²) in [5, 5.41) is 0.642. The summed E-state index contributed by atoms with van der Waals surface area (Å²) < 4.78 is 10.2. The van der Waals surface area contributed by atoms with Crippen LogP contribution in [0.4, 0.5) is 0 Å². The molecule has 0 radical (unpaired) electrons. The second-order valence-corrected chi connectivity index (χ2v) is 3.89. The third-order valence-corrected chi connectivity index (χ3v) is 2.87. The molecule has 1 aromatic carbocycles. The average Bonchev–Trinajstić information content (AvgIpc) is 2.28. The molecule has 88 valence electrons. The molecule has 0 aromatic heterocycles. The maximum atomic E-state index is 11.7. The molecule has 0 N–H and O–H groups in total. The summed E-state index contributed by atoms with van der Waals surface area (Å²) >= 11 is 3.36. The molecule has 0 heterocycles. The highest BCUT2D eigenvalue weighted by molar-refractivity contribution is 9.08. The Kier molecular flexibility index (Phi) is 4.80. The van der Waals surface area contributed by atoms with Crippen LogP contribution in [0.2, 0.25) is 0 Å². The quantitative estimate of drug-likeness (QED) is 0.630. The summed E-state index contributed by atoms with van der Waals surface area (Å²) in [5.41, 5.74) is 2.40. The first-order chi connectivity index (χ1) is 7.63. The van der Waals surface area contributed by atoms with E-state index in [1.807, 2.05) is 13.0 Å². The zero-order chi connectivity index (χ0) is 12.1. The van der Waals surface area contributed by atoms with E-state index in [2.05, 4.69) is 15.9 Å². The highest BCUT2D eigenvalue weighted by Gasteiger charge is 2.14. The van der Waals surface area contributed by atoms with Crippen LogP contribution in [-0.2, 0) is 10.1 Å². The normalized spacial score (nSPS) is 10.0. The van der Waals surface area contributed by atoms with Gasteiger partial charge in [0, 0.05) is 10.9 Å². The Bertz CT molecular complexity index is 388. The van der Waals surface area contributed by atoms with E-state index in [0.717, 1.165) is 16.9 Å². The standard InChI is InChI=1S/C12H15BrO3/c1-4-16-12(14)10-6-9(7-13)11(15-3)5-8(10)2/h5-6H,4,7H2,1-3H3. The van der Waals surface area contributed by atoms with Gasteiger partial charge in [-0.1, -0.05) is 15.9 Å². The van der Waals surface area contributed by atoms with Gasteiger partial charge in [0.15, 0.2) is 0 Å². The van der Waals surface area contributed by atoms with Gasteiger partial charge in [-0.15, -0.1) is 0 Å². The van der Waals surface area contributed by atoms with E-state index in [9.17, 15) is 4.79 Å². The lowest BCUT2D eigenvalue weighted by Crippen LogP contribution is -2.08. The van der Waals surface area contributed by atoms with Crippen molar-refractivity contribution in [2.24, 2.45) is 0 Å². The number of methoxy groups -OCH3 is 1. The lowest BCUT2D eigenvalue weighted by atomic mass is 10.0. The van der Waals surface area contributed by atoms with Gasteiger partial charge in [-0.05, 0) is 31.5 Å². The predicted octanol–water partition coefficient (Wildman–Crippen LogP) is 3.08. The number of hydrogen-bond donors (Lipinski definition) is 0. The lowest BCUT2D eigenvalue weighted by molar-refractivity contribution is 0.0525. The van der Waals surface area contributed by atoms with Crippen LogP contribution in [0.1, 0.15) is 28.4 Å². The topological polar surface area (TPSA) is 35.5 Å². The molecule has 0 atom stereocenters. The summed E-state index contributed by atoms with van der Waals surface area (Å²) in [6.07, 6.45) is 0. The van der Waals surface area contributed by atoms with Gasteiger partial charge in [0.1, 0.15) is 5.75 Å². The van der Waals surface area contributed by atoms with Gasteiger partial charge in [0.25, 0.3) is 0 Å². The summed E-state index contributed by atoms with van der Waals surface area (Å²) in [6, 6.07) is 3.66. The number of carbonyl (C=O) groups excluding carboxylic acids is 1. The first kappa shape index (κ1) is 13.0. The highest BCUT2D eigenvalue weighted by atomic mass is 79.9. The van der Waals surface area contributed by atoms with Crippen LogP contribution in [0.3, 0.4) is 0 Å². The molecule has 0 unspecified atom stereocenters. The molecule has 1 rings (SSSR count). The molecule has 0 aliphatic carbocycles. The maximum absolute atomic E-state index is 11.7. The van der Waals surface area contributed by atoms with E-state index in [1.54, 1.807) is 20.1 Å². The number of esters is 1. The molecule has 0 aliphatic rings. The van der Waals surface area contributed by atoms with E-state index < -0.39 is 0 Å². The van der Waals surface area contributed by atoms with Gasteiger partial charge in [0.05, 0.1) is 19.3 Å². The zero-order valence-electron chi connectivity index (χ0n) is 9.67. The van der Waals surface area contributed by atoms with Crippen LogP contribution in [0.5, 0.6) is 5.75 Å². The van der Waals surface area contributed by atoms with E-state index in [4.69, 9.17) is 9.47 Å². The number of hydrogen-bond acceptors (Lipinski definition) is 3. The molecule has 0 saturated carbocycles. The van der Waals surface area contributed by atoms with Crippen molar-refractivity contribution in [3.8, 4) is 5.75 Å². The smallest absolute Gasteiger partial charge is 0.338 e. The van der Waals surface area contributed by atoms with Gasteiger partial charge in [0.2, 0.25) is 0 Å². The van der Waals surface area contributed by atoms with Crippen LogP contribution in [0.25, 0.3) is 0 Å². The van der Waals surface area contributed by atoms with Crippen molar-refractivity contribution in [3.63, 3.8) is 0 Å². The van der Waals surface area contributed by atoms with Gasteiger partial charge in [-0.25, -0.2) is 4.79 Å². The molecule has 0 saturated heterocycles. The third-order valence-electron chi connectivity index (χ3n) is 2.27. The lowest BCUT2D eigenvalue weighted by Gasteiger charge is -2.11. The van der Waals surface area contributed by atoms with Gasteiger partial charge < -0.3 is 9.47 Å². The Balaban J connectivity index is 3.15. The van der Waals surface area contributed by atoms with Crippen molar-refractivity contribution in [3.05, 3.63) is 28.8 Å². The fourth-order valence-corrected chi connectivity index (χ4v) is 1.89. The molecule has 0 bridgehead atoms. The van der Waals surface area contributed by atoms with Crippen molar-refractivity contribution >= 4 is 21.9 Å². The molecule has 3 nitrogen and oxygen atoms in total. The van der Waals surface area contributed by atoms with Crippen molar-refractivity contribution in [1.82, 2.24) is 0 Å². The van der Waals surface area contributed by atoms with Gasteiger partial charge >= 0.3 is 5.97 Å². The Labute approximate surface area is 104 Å². The number of carbonyl (C=O) groups is 1. The zero-order valence-corrected chi connectivity index (χ0v) is 11.3. The predicted molar refractivity (Wildman–Crippen MR) is 66.3 cm³/mol. The van der Waals surface area contributed by atoms with Crippen LogP contribution in [0.15, 0.2) is 12.1 Å². The minimum absolute atomic E-state index is 0.287. The molecule has 0 aliphatic heterocycles. The minimum atomic E-state index is -0.287. The van der Waals surface area contributed by atoms with E-state index >= 15 is 0 Å². The van der Waals surface area contributed by atoms with Gasteiger partial charge in [-0.3, -0.25) is 0 Å². The fourth-order valence-electron chi connectivity index (χ4n) is 1.45. The molecular formula is C12H15BrO3. The SMILES string of the molecule is CCOC(=O)c1cc(CBr)c(OC)cc1C.